The van der Waals surface area contributed by atoms with E-state index in [0.29, 0.717) is 19.1 Å². The van der Waals surface area contributed by atoms with Crippen LogP contribution in [0.1, 0.15) is 32.3 Å². The summed E-state index contributed by atoms with van der Waals surface area (Å²) in [6, 6.07) is 10.0. The van der Waals surface area contributed by atoms with Crippen LogP contribution in [0.25, 0.3) is 0 Å². The zero-order valence-electron chi connectivity index (χ0n) is 14.5. The third-order valence-electron chi connectivity index (χ3n) is 4.32. The van der Waals surface area contributed by atoms with Gasteiger partial charge < -0.3 is 15.0 Å². The third-order valence-corrected chi connectivity index (χ3v) is 4.32. The standard InChI is InChI=1S/C19H30N2O2/c1-16(13-21-10-6-7-11-21)12-20-19(22)17(2)14-23-15-18-8-4-3-5-9-18/h3-5,8-9,16-17H,6-7,10-15H2,1-2H3,(H,20,22)/t16-,17+/m0/s1. The quantitative estimate of drug-likeness (QED) is 0.761. The zero-order chi connectivity index (χ0) is 16.5. The lowest BCUT2D eigenvalue weighted by molar-refractivity contribution is -0.126. The molecule has 0 spiro atoms. The van der Waals surface area contributed by atoms with Gasteiger partial charge in [0.05, 0.1) is 19.1 Å². The Hall–Kier alpha value is -1.39. The van der Waals surface area contributed by atoms with Gasteiger partial charge in [-0.2, -0.15) is 0 Å². The number of carbonyl (C=O) groups excluding carboxylic acids is 1. The summed E-state index contributed by atoms with van der Waals surface area (Å²) in [4.78, 5) is 14.6. The normalized spacial score (nSPS) is 17.8. The second-order valence-corrected chi connectivity index (χ2v) is 6.76. The van der Waals surface area contributed by atoms with Crippen molar-refractivity contribution < 1.29 is 9.53 Å². The van der Waals surface area contributed by atoms with E-state index in [9.17, 15) is 4.79 Å². The SMILES string of the molecule is C[C@@H](CNC(=O)[C@H](C)COCc1ccccc1)CN1CCCC1. The molecule has 1 heterocycles. The summed E-state index contributed by atoms with van der Waals surface area (Å²) in [5, 5.41) is 3.06. The number of amides is 1. The van der Waals surface area contributed by atoms with Crippen LogP contribution in [0.4, 0.5) is 0 Å². The maximum absolute atomic E-state index is 12.1. The number of benzene rings is 1. The van der Waals surface area contributed by atoms with Crippen LogP contribution in [-0.2, 0) is 16.1 Å². The van der Waals surface area contributed by atoms with Crippen molar-refractivity contribution in [1.82, 2.24) is 10.2 Å². The largest absolute Gasteiger partial charge is 0.376 e. The van der Waals surface area contributed by atoms with E-state index in [-0.39, 0.29) is 11.8 Å². The minimum Gasteiger partial charge on any atom is -0.376 e. The molecule has 2 atom stereocenters. The zero-order valence-corrected chi connectivity index (χ0v) is 14.5. The Morgan fingerprint density at radius 3 is 2.61 bits per heavy atom. The van der Waals surface area contributed by atoms with Crippen LogP contribution < -0.4 is 5.32 Å². The molecule has 0 aromatic heterocycles. The Labute approximate surface area is 140 Å². The highest BCUT2D eigenvalue weighted by Crippen LogP contribution is 2.10. The van der Waals surface area contributed by atoms with E-state index in [2.05, 4.69) is 17.1 Å². The van der Waals surface area contributed by atoms with Crippen LogP contribution in [0.2, 0.25) is 0 Å². The first-order chi connectivity index (χ1) is 11.1. The predicted octanol–water partition coefficient (Wildman–Crippen LogP) is 2.69. The Kier molecular flexibility index (Phi) is 7.56. The van der Waals surface area contributed by atoms with Crippen LogP contribution in [0.15, 0.2) is 30.3 Å². The van der Waals surface area contributed by atoms with E-state index >= 15 is 0 Å². The monoisotopic (exact) mass is 318 g/mol. The Bertz CT molecular complexity index is 458. The van der Waals surface area contributed by atoms with Crippen LogP contribution in [0.5, 0.6) is 0 Å². The molecule has 1 fully saturated rings. The molecule has 1 aliphatic heterocycles. The fourth-order valence-electron chi connectivity index (χ4n) is 2.92. The van der Waals surface area contributed by atoms with E-state index in [1.54, 1.807) is 0 Å². The van der Waals surface area contributed by atoms with Gasteiger partial charge in [-0.15, -0.1) is 0 Å². The number of nitrogens with zero attached hydrogens (tertiary/aromatic N) is 1. The molecule has 1 N–H and O–H groups in total. The molecule has 0 aliphatic carbocycles. The predicted molar refractivity (Wildman–Crippen MR) is 93.1 cm³/mol. The highest BCUT2D eigenvalue weighted by Gasteiger charge is 2.17. The molecular formula is C19H30N2O2. The molecule has 1 aliphatic rings. The summed E-state index contributed by atoms with van der Waals surface area (Å²) in [5.74, 6) is 0.471. The first kappa shape index (κ1) is 18.0. The maximum atomic E-state index is 12.1. The van der Waals surface area contributed by atoms with Gasteiger partial charge in [-0.25, -0.2) is 0 Å². The first-order valence-electron chi connectivity index (χ1n) is 8.77. The van der Waals surface area contributed by atoms with Crippen molar-refractivity contribution in [3.8, 4) is 0 Å². The van der Waals surface area contributed by atoms with Crippen molar-refractivity contribution in [1.29, 1.82) is 0 Å². The molecule has 2 rings (SSSR count). The molecule has 0 saturated carbocycles. The lowest BCUT2D eigenvalue weighted by Gasteiger charge is -2.21. The van der Waals surface area contributed by atoms with Crippen LogP contribution >= 0.6 is 0 Å². The summed E-state index contributed by atoms with van der Waals surface area (Å²) in [6.45, 7) is 9.40. The van der Waals surface area contributed by atoms with Gasteiger partial charge in [0.1, 0.15) is 0 Å². The lowest BCUT2D eigenvalue weighted by Crippen LogP contribution is -2.37. The van der Waals surface area contributed by atoms with E-state index in [4.69, 9.17) is 4.74 Å². The summed E-state index contributed by atoms with van der Waals surface area (Å²) < 4.78 is 5.65. The summed E-state index contributed by atoms with van der Waals surface area (Å²) in [7, 11) is 0. The minimum atomic E-state index is -0.113. The van der Waals surface area contributed by atoms with E-state index in [1.165, 1.54) is 25.9 Å². The second kappa shape index (κ2) is 9.68. The number of hydrogen-bond acceptors (Lipinski definition) is 3. The second-order valence-electron chi connectivity index (χ2n) is 6.76. The van der Waals surface area contributed by atoms with Gasteiger partial charge in [0.25, 0.3) is 0 Å². The topological polar surface area (TPSA) is 41.6 Å². The molecule has 0 unspecified atom stereocenters. The average molecular weight is 318 g/mol. The molecule has 23 heavy (non-hydrogen) atoms. The summed E-state index contributed by atoms with van der Waals surface area (Å²) in [6.07, 6.45) is 2.63. The summed E-state index contributed by atoms with van der Waals surface area (Å²) >= 11 is 0. The van der Waals surface area contributed by atoms with Crippen molar-refractivity contribution in [2.75, 3.05) is 32.8 Å². The Balaban J connectivity index is 1.58. The first-order valence-corrected chi connectivity index (χ1v) is 8.77. The highest BCUT2D eigenvalue weighted by molar-refractivity contribution is 5.78. The molecule has 0 bridgehead atoms. The minimum absolute atomic E-state index is 0.0892. The molecular weight excluding hydrogens is 288 g/mol. The number of ether oxygens (including phenoxy) is 1. The molecule has 4 heteroatoms. The fourth-order valence-corrected chi connectivity index (χ4v) is 2.92. The van der Waals surface area contributed by atoms with E-state index in [1.807, 2.05) is 37.3 Å². The number of rotatable bonds is 9. The molecule has 0 radical (unpaired) electrons. The van der Waals surface area contributed by atoms with Crippen molar-refractivity contribution in [2.24, 2.45) is 11.8 Å². The number of hydrogen-bond donors (Lipinski definition) is 1. The molecule has 4 nitrogen and oxygen atoms in total. The lowest BCUT2D eigenvalue weighted by atomic mass is 10.1. The van der Waals surface area contributed by atoms with Gasteiger partial charge in [0, 0.05) is 13.1 Å². The van der Waals surface area contributed by atoms with Crippen LogP contribution in [-0.4, -0.2) is 43.6 Å². The van der Waals surface area contributed by atoms with Gasteiger partial charge in [0.15, 0.2) is 0 Å². The molecule has 1 saturated heterocycles. The average Bonchev–Trinajstić information content (AvgIpc) is 3.06. The van der Waals surface area contributed by atoms with Crippen molar-refractivity contribution in [2.45, 2.75) is 33.3 Å². The maximum Gasteiger partial charge on any atom is 0.225 e. The van der Waals surface area contributed by atoms with Crippen LogP contribution in [0.3, 0.4) is 0 Å². The Morgan fingerprint density at radius 1 is 1.22 bits per heavy atom. The van der Waals surface area contributed by atoms with Gasteiger partial charge >= 0.3 is 0 Å². The number of carbonyl (C=O) groups is 1. The highest BCUT2D eigenvalue weighted by atomic mass is 16.5. The molecule has 1 aromatic carbocycles. The van der Waals surface area contributed by atoms with Crippen LogP contribution in [0, 0.1) is 11.8 Å². The number of nitrogens with one attached hydrogen (secondary N) is 1. The smallest absolute Gasteiger partial charge is 0.225 e. The molecule has 1 amide bonds. The molecule has 1 aromatic rings. The van der Waals surface area contributed by atoms with Gasteiger partial charge in [0.2, 0.25) is 5.91 Å². The summed E-state index contributed by atoms with van der Waals surface area (Å²) in [5.41, 5.74) is 1.14. The van der Waals surface area contributed by atoms with E-state index in [0.717, 1.165) is 18.7 Å². The van der Waals surface area contributed by atoms with Gasteiger partial charge in [-0.05, 0) is 37.4 Å². The van der Waals surface area contributed by atoms with E-state index < -0.39 is 0 Å². The Morgan fingerprint density at radius 2 is 1.91 bits per heavy atom. The van der Waals surface area contributed by atoms with Gasteiger partial charge in [-0.1, -0.05) is 44.2 Å². The van der Waals surface area contributed by atoms with Crippen molar-refractivity contribution >= 4 is 5.91 Å². The van der Waals surface area contributed by atoms with Crippen molar-refractivity contribution in [3.05, 3.63) is 35.9 Å². The molecule has 128 valence electrons. The number of likely N-dealkylation sites (tertiary alicyclic amines) is 1. The van der Waals surface area contributed by atoms with Crippen molar-refractivity contribution in [3.63, 3.8) is 0 Å². The third kappa shape index (κ3) is 6.71. The fraction of sp³-hybridized carbons (Fsp3) is 0.632. The van der Waals surface area contributed by atoms with Gasteiger partial charge in [-0.3, -0.25) is 4.79 Å².